The summed E-state index contributed by atoms with van der Waals surface area (Å²) in [6.45, 7) is 9.40. The molecule has 0 saturated carbocycles. The number of rotatable bonds is 14. The second-order valence-corrected chi connectivity index (χ2v) is 21.0. The lowest BCUT2D eigenvalue weighted by atomic mass is 9.70. The molecule has 388 valence electrons. The number of carbonyl (C=O) groups excluding carboxylic acids is 3. The third-order valence-corrected chi connectivity index (χ3v) is 16.6. The van der Waals surface area contributed by atoms with Crippen molar-refractivity contribution in [2.45, 2.75) is 107 Å². The number of carbonyl (C=O) groups is 3. The number of piperazine rings is 1. The SMILES string of the molecule is CC(=O)NC1[C@H](O)[C@@H](O)C(CO)O[C@@H]1n1cc(CN2CCN(C(=O)CCOCCOCCN3C(=O)c4ccccc4C34c3cc5c6c(c3Oc3c4cc4c7c3CCCN7CCC4)CCCN6CCC5)CC2)nn1. The fourth-order valence-corrected chi connectivity index (χ4v) is 13.4. The first-order valence-corrected chi connectivity index (χ1v) is 26.6. The molecule has 5 atom stereocenters. The van der Waals surface area contributed by atoms with Crippen LogP contribution in [0.15, 0.2) is 42.6 Å². The van der Waals surface area contributed by atoms with Gasteiger partial charge in [-0.05, 0) is 86.3 Å². The van der Waals surface area contributed by atoms with Crippen LogP contribution in [0.1, 0.15) is 100 Å². The van der Waals surface area contributed by atoms with Crippen LogP contribution in [0.25, 0.3) is 0 Å². The van der Waals surface area contributed by atoms with Crippen molar-refractivity contribution < 1.29 is 48.7 Å². The number of aliphatic hydroxyl groups is 3. The van der Waals surface area contributed by atoms with Gasteiger partial charge in [-0.25, -0.2) is 4.68 Å². The molecule has 12 rings (SSSR count). The van der Waals surface area contributed by atoms with Gasteiger partial charge in [-0.1, -0.05) is 23.4 Å². The molecule has 4 N–H and O–H groups in total. The van der Waals surface area contributed by atoms with Crippen molar-refractivity contribution in [1.82, 2.24) is 35.0 Å². The number of aliphatic hydroxyl groups excluding tert-OH is 3. The Labute approximate surface area is 424 Å². The Morgan fingerprint density at radius 2 is 1.42 bits per heavy atom. The molecule has 1 aromatic heterocycles. The Morgan fingerprint density at radius 3 is 2.07 bits per heavy atom. The number of aromatic nitrogens is 3. The molecule has 3 aromatic carbocycles. The molecular formula is C54H67N9O10. The molecule has 73 heavy (non-hydrogen) atoms. The van der Waals surface area contributed by atoms with E-state index in [2.05, 4.69) is 59.5 Å². The van der Waals surface area contributed by atoms with Crippen molar-refractivity contribution >= 4 is 29.1 Å². The molecule has 2 unspecified atom stereocenters. The molecule has 19 nitrogen and oxygen atoms in total. The highest BCUT2D eigenvalue weighted by Crippen LogP contribution is 2.62. The highest BCUT2D eigenvalue weighted by molar-refractivity contribution is 6.03. The predicted octanol–water partition coefficient (Wildman–Crippen LogP) is 2.41. The number of anilines is 2. The van der Waals surface area contributed by atoms with Gasteiger partial charge in [-0.15, -0.1) is 5.10 Å². The van der Waals surface area contributed by atoms with Crippen LogP contribution in [0.4, 0.5) is 11.4 Å². The fourth-order valence-electron chi connectivity index (χ4n) is 13.4. The molecule has 0 radical (unpaired) electrons. The molecular weight excluding hydrogens is 935 g/mol. The van der Waals surface area contributed by atoms with Gasteiger partial charge in [0.15, 0.2) is 6.23 Å². The van der Waals surface area contributed by atoms with E-state index in [9.17, 15) is 24.9 Å². The van der Waals surface area contributed by atoms with Gasteiger partial charge >= 0.3 is 0 Å². The summed E-state index contributed by atoms with van der Waals surface area (Å²) >= 11 is 0. The minimum absolute atomic E-state index is 0.00590. The van der Waals surface area contributed by atoms with Gasteiger partial charge in [0, 0.05) is 112 Å². The summed E-state index contributed by atoms with van der Waals surface area (Å²) in [7, 11) is 0. The van der Waals surface area contributed by atoms with Gasteiger partial charge in [0.2, 0.25) is 11.8 Å². The molecule has 9 heterocycles. The maximum Gasteiger partial charge on any atom is 0.255 e. The first-order chi connectivity index (χ1) is 35.6. The zero-order valence-electron chi connectivity index (χ0n) is 41.7. The molecule has 2 fully saturated rings. The lowest BCUT2D eigenvalue weighted by Crippen LogP contribution is -2.62. The lowest BCUT2D eigenvalue weighted by molar-refractivity contribution is -0.219. The summed E-state index contributed by atoms with van der Waals surface area (Å²) in [5.74, 6) is 1.49. The van der Waals surface area contributed by atoms with Crippen molar-refractivity contribution in [1.29, 1.82) is 0 Å². The monoisotopic (exact) mass is 1000 g/mol. The van der Waals surface area contributed by atoms with Crippen molar-refractivity contribution in [3.8, 4) is 11.5 Å². The Morgan fingerprint density at radius 1 is 0.795 bits per heavy atom. The van der Waals surface area contributed by atoms with Crippen LogP contribution in [0.3, 0.4) is 0 Å². The van der Waals surface area contributed by atoms with Gasteiger partial charge in [0.25, 0.3) is 5.91 Å². The van der Waals surface area contributed by atoms with Gasteiger partial charge in [-0.3, -0.25) is 19.3 Å². The van der Waals surface area contributed by atoms with E-state index in [1.54, 1.807) is 6.20 Å². The zero-order valence-corrected chi connectivity index (χ0v) is 41.7. The Balaban J connectivity index is 0.679. The first-order valence-electron chi connectivity index (χ1n) is 26.6. The molecule has 4 aromatic rings. The number of nitrogens with zero attached hydrogens (tertiary/aromatic N) is 8. The summed E-state index contributed by atoms with van der Waals surface area (Å²) in [6, 6.07) is 12.0. The van der Waals surface area contributed by atoms with Crippen LogP contribution in [-0.2, 0) is 61.6 Å². The molecule has 0 aliphatic carbocycles. The summed E-state index contributed by atoms with van der Waals surface area (Å²) in [5.41, 5.74) is 11.7. The fraction of sp³-hybridized carbons (Fsp3) is 0.574. The van der Waals surface area contributed by atoms with Gasteiger partial charge in [0.05, 0.1) is 51.3 Å². The van der Waals surface area contributed by atoms with E-state index in [1.165, 1.54) is 45.2 Å². The summed E-state index contributed by atoms with van der Waals surface area (Å²) < 4.78 is 26.9. The maximum absolute atomic E-state index is 15.0. The number of amides is 3. The Bertz CT molecular complexity index is 2690. The number of benzene rings is 3. The van der Waals surface area contributed by atoms with Crippen molar-refractivity contribution in [2.75, 3.05) is 102 Å². The normalized spacial score (nSPS) is 24.7. The van der Waals surface area contributed by atoms with Crippen molar-refractivity contribution in [2.24, 2.45) is 0 Å². The predicted molar refractivity (Wildman–Crippen MR) is 267 cm³/mol. The van der Waals surface area contributed by atoms with Gasteiger partial charge < -0.3 is 59.2 Å². The Hall–Kier alpha value is -5.67. The molecule has 3 amide bonds. The zero-order chi connectivity index (χ0) is 50.0. The molecule has 8 aliphatic heterocycles. The first kappa shape index (κ1) is 48.3. The number of ether oxygens (including phenoxy) is 4. The van der Waals surface area contributed by atoms with E-state index in [0.717, 1.165) is 111 Å². The number of aryl methyl sites for hydroxylation is 2. The molecule has 1 spiro atoms. The summed E-state index contributed by atoms with van der Waals surface area (Å²) in [6.07, 6.45) is 5.31. The minimum Gasteiger partial charge on any atom is -0.456 e. The topological polar surface area (TPSA) is 208 Å². The Kier molecular flexibility index (Phi) is 13.1. The third-order valence-electron chi connectivity index (χ3n) is 16.6. The smallest absolute Gasteiger partial charge is 0.255 e. The number of nitrogens with one attached hydrogen (secondary N) is 1. The van der Waals surface area contributed by atoms with Crippen LogP contribution in [0.2, 0.25) is 0 Å². The molecule has 8 aliphatic rings. The largest absolute Gasteiger partial charge is 0.456 e. The quantitative estimate of drug-likeness (QED) is 0.134. The number of fused-ring (bicyclic) bond motifs is 8. The van der Waals surface area contributed by atoms with E-state index >= 15 is 4.79 Å². The lowest BCUT2D eigenvalue weighted by Gasteiger charge is -2.49. The highest BCUT2D eigenvalue weighted by Gasteiger charge is 2.58. The number of hydrogen-bond acceptors (Lipinski definition) is 15. The van der Waals surface area contributed by atoms with Crippen LogP contribution in [0.5, 0.6) is 11.5 Å². The maximum atomic E-state index is 15.0. The van der Waals surface area contributed by atoms with E-state index in [1.807, 2.05) is 17.0 Å². The van der Waals surface area contributed by atoms with E-state index in [4.69, 9.17) is 18.9 Å². The second kappa shape index (κ2) is 19.9. The van der Waals surface area contributed by atoms with E-state index in [-0.39, 0.29) is 24.8 Å². The van der Waals surface area contributed by atoms with E-state index in [0.29, 0.717) is 64.8 Å². The van der Waals surface area contributed by atoms with Crippen LogP contribution >= 0.6 is 0 Å². The molecule has 0 bridgehead atoms. The van der Waals surface area contributed by atoms with Crippen molar-refractivity contribution in [3.63, 3.8) is 0 Å². The summed E-state index contributed by atoms with van der Waals surface area (Å²) in [5, 5.41) is 41.9. The highest BCUT2D eigenvalue weighted by atomic mass is 16.5. The van der Waals surface area contributed by atoms with Crippen molar-refractivity contribution in [3.05, 3.63) is 92.8 Å². The number of hydrogen-bond donors (Lipinski definition) is 4. The van der Waals surface area contributed by atoms with Crippen LogP contribution in [-0.4, -0.2) is 179 Å². The minimum atomic E-state index is -1.40. The standard InChI is InChI=1S/C54H67N9O10/c1-33(65)55-45-49(68)48(67)43(32-64)72-53(45)63-31-36(56-57-63)30-58-19-21-59(22-20-58)44(66)14-24-70-26-27-71-25-23-62-52(69)37-10-2-3-13-40(37)54(62)41-28-34-8-4-15-60-17-6-11-38(46(34)60)50(41)73-51-39-12-7-18-61-16-5-9-35(47(39)61)29-42(51)54/h2-3,10,13,28-29,31,43,45,48-49,53,64,67-68H,4-9,11-12,14-27,30,32H2,1H3,(H,55,65)/t43?,45?,48-,49-,53-/m0/s1. The molecule has 2 saturated heterocycles. The molecule has 19 heteroatoms. The average molecular weight is 1000 g/mol. The van der Waals surface area contributed by atoms with Gasteiger partial charge in [0.1, 0.15) is 41.4 Å². The third kappa shape index (κ3) is 8.35. The van der Waals surface area contributed by atoms with E-state index < -0.39 is 48.6 Å². The van der Waals surface area contributed by atoms with Gasteiger partial charge in [-0.2, -0.15) is 0 Å². The van der Waals surface area contributed by atoms with Crippen LogP contribution in [0, 0.1) is 0 Å². The second-order valence-electron chi connectivity index (χ2n) is 21.0. The average Bonchev–Trinajstić information content (AvgIpc) is 3.97. The van der Waals surface area contributed by atoms with Crippen LogP contribution < -0.4 is 19.9 Å². The summed E-state index contributed by atoms with van der Waals surface area (Å²) in [4.78, 5) is 51.5.